The summed E-state index contributed by atoms with van der Waals surface area (Å²) < 4.78 is 49.4. The van der Waals surface area contributed by atoms with Gasteiger partial charge < -0.3 is 13.6 Å². The minimum Gasteiger partial charge on any atom is -0.755 e. The van der Waals surface area contributed by atoms with Crippen molar-refractivity contribution < 1.29 is 22.4 Å². The van der Waals surface area contributed by atoms with E-state index in [1.54, 1.807) is 31.4 Å². The van der Waals surface area contributed by atoms with Crippen molar-refractivity contribution in [1.82, 2.24) is 0 Å². The molecular formula is C16H21NO5PS2-. The SMILES string of the molecule is CCOP(=O)(OCC)C(Cc1ccccc1)N(c1cccs1)S(=O)[O-]. The van der Waals surface area contributed by atoms with Crippen molar-refractivity contribution in [2.45, 2.75) is 26.1 Å². The number of rotatable bonds is 10. The third kappa shape index (κ3) is 5.23. The van der Waals surface area contributed by atoms with Crippen LogP contribution in [0, 0.1) is 0 Å². The molecule has 0 N–H and O–H groups in total. The molecule has 0 saturated carbocycles. The van der Waals surface area contributed by atoms with Crippen LogP contribution in [-0.4, -0.2) is 27.8 Å². The van der Waals surface area contributed by atoms with Crippen molar-refractivity contribution in [1.29, 1.82) is 0 Å². The second-order valence-corrected chi connectivity index (χ2v) is 8.99. The number of thiophene rings is 1. The van der Waals surface area contributed by atoms with Gasteiger partial charge in [0.1, 0.15) is 10.8 Å². The molecule has 2 unspecified atom stereocenters. The van der Waals surface area contributed by atoms with E-state index >= 15 is 0 Å². The molecule has 25 heavy (non-hydrogen) atoms. The van der Waals surface area contributed by atoms with Crippen LogP contribution in [0.1, 0.15) is 19.4 Å². The molecular weight excluding hydrogens is 381 g/mol. The van der Waals surface area contributed by atoms with Gasteiger partial charge in [-0.05, 0) is 36.9 Å². The molecule has 0 radical (unpaired) electrons. The second-order valence-electron chi connectivity index (χ2n) is 5.04. The Kier molecular flexibility index (Phi) is 7.81. The Morgan fingerprint density at radius 3 is 2.28 bits per heavy atom. The van der Waals surface area contributed by atoms with Crippen LogP contribution in [0.4, 0.5) is 5.00 Å². The molecule has 1 aromatic carbocycles. The summed E-state index contributed by atoms with van der Waals surface area (Å²) >= 11 is -1.38. The standard InChI is InChI=1S/C16H22NO5PS2/c1-3-21-23(18,22-4-2)15(13-14-9-6-5-7-10-14)17(25(19)20)16-11-8-12-24-16/h5-12,15H,3-4,13H2,1-2H3,(H,19,20)/p-1. The Bertz CT molecular complexity index is 701. The molecule has 1 aromatic heterocycles. The third-order valence-electron chi connectivity index (χ3n) is 3.40. The van der Waals surface area contributed by atoms with Crippen LogP contribution in [0.5, 0.6) is 0 Å². The topological polar surface area (TPSA) is 78.9 Å². The van der Waals surface area contributed by atoms with E-state index in [1.165, 1.54) is 11.3 Å². The Hall–Kier alpha value is -1.02. The van der Waals surface area contributed by atoms with Gasteiger partial charge in [-0.3, -0.25) is 13.1 Å². The number of nitrogens with zero attached hydrogens (tertiary/aromatic N) is 1. The van der Waals surface area contributed by atoms with E-state index in [4.69, 9.17) is 9.05 Å². The van der Waals surface area contributed by atoms with Gasteiger partial charge in [-0.15, -0.1) is 11.3 Å². The van der Waals surface area contributed by atoms with Crippen molar-refractivity contribution in [3.63, 3.8) is 0 Å². The fraction of sp³-hybridized carbons (Fsp3) is 0.375. The molecule has 9 heteroatoms. The first-order valence-electron chi connectivity index (χ1n) is 7.86. The zero-order chi connectivity index (χ0) is 18.3. The molecule has 6 nitrogen and oxygen atoms in total. The van der Waals surface area contributed by atoms with Gasteiger partial charge in [-0.25, -0.2) is 0 Å². The predicted molar refractivity (Wildman–Crippen MR) is 101 cm³/mol. The summed E-state index contributed by atoms with van der Waals surface area (Å²) in [5.74, 6) is -0.980. The largest absolute Gasteiger partial charge is 0.755 e. The van der Waals surface area contributed by atoms with Crippen molar-refractivity contribution in [3.05, 3.63) is 53.4 Å². The maximum atomic E-state index is 13.4. The first kappa shape index (κ1) is 20.3. The number of benzene rings is 1. The van der Waals surface area contributed by atoms with Crippen molar-refractivity contribution in [3.8, 4) is 0 Å². The first-order valence-corrected chi connectivity index (χ1v) is 11.4. The van der Waals surface area contributed by atoms with E-state index in [1.807, 2.05) is 30.3 Å². The normalized spacial score (nSPS) is 14.2. The predicted octanol–water partition coefficient (Wildman–Crippen LogP) is 4.18. The average Bonchev–Trinajstić information content (AvgIpc) is 3.09. The fourth-order valence-corrected chi connectivity index (χ4v) is 6.52. The highest BCUT2D eigenvalue weighted by atomic mass is 32.2. The fourth-order valence-electron chi connectivity index (χ4n) is 2.43. The lowest BCUT2D eigenvalue weighted by molar-refractivity contribution is 0.212. The molecule has 0 aliphatic carbocycles. The summed E-state index contributed by atoms with van der Waals surface area (Å²) in [7, 11) is -3.71. The minimum absolute atomic E-state index is 0.159. The Morgan fingerprint density at radius 1 is 1.16 bits per heavy atom. The van der Waals surface area contributed by atoms with Gasteiger partial charge in [-0.2, -0.15) is 0 Å². The number of hydrogen-bond donors (Lipinski definition) is 0. The lowest BCUT2D eigenvalue weighted by atomic mass is 10.1. The molecule has 2 atom stereocenters. The first-order chi connectivity index (χ1) is 12.0. The average molecular weight is 402 g/mol. The Morgan fingerprint density at radius 2 is 1.80 bits per heavy atom. The number of hydrogen-bond acceptors (Lipinski definition) is 6. The summed E-state index contributed by atoms with van der Waals surface area (Å²) in [6.45, 7) is 3.72. The molecule has 0 aliphatic heterocycles. The van der Waals surface area contributed by atoms with Crippen LogP contribution in [0.3, 0.4) is 0 Å². The third-order valence-corrected chi connectivity index (χ3v) is 7.69. The quantitative estimate of drug-likeness (QED) is 0.440. The van der Waals surface area contributed by atoms with E-state index in [2.05, 4.69) is 0 Å². The van der Waals surface area contributed by atoms with Crippen LogP contribution in [-0.2, 0) is 31.3 Å². The molecule has 2 rings (SSSR count). The van der Waals surface area contributed by atoms with Crippen LogP contribution in [0.15, 0.2) is 47.8 Å². The summed E-state index contributed by atoms with van der Waals surface area (Å²) in [6.07, 6.45) is 0.212. The summed E-state index contributed by atoms with van der Waals surface area (Å²) in [4.78, 5) is 0. The summed E-state index contributed by atoms with van der Waals surface area (Å²) in [5, 5.41) is 2.23. The van der Waals surface area contributed by atoms with Crippen LogP contribution in [0.25, 0.3) is 0 Å². The van der Waals surface area contributed by atoms with Crippen molar-refractivity contribution in [2.24, 2.45) is 0 Å². The summed E-state index contributed by atoms with van der Waals surface area (Å²) in [5.41, 5.74) is 0.846. The van der Waals surface area contributed by atoms with E-state index in [9.17, 15) is 13.3 Å². The maximum absolute atomic E-state index is 13.4. The lowest BCUT2D eigenvalue weighted by Gasteiger charge is -2.37. The van der Waals surface area contributed by atoms with E-state index in [0.29, 0.717) is 5.00 Å². The smallest absolute Gasteiger partial charge is 0.354 e. The van der Waals surface area contributed by atoms with Crippen molar-refractivity contribution in [2.75, 3.05) is 17.5 Å². The molecule has 1 heterocycles. The molecule has 0 fully saturated rings. The highest BCUT2D eigenvalue weighted by molar-refractivity contribution is 7.81. The van der Waals surface area contributed by atoms with Gasteiger partial charge in [0, 0.05) is 17.7 Å². The molecule has 2 aromatic rings. The Labute approximate surface area is 154 Å². The second kappa shape index (κ2) is 9.62. The van der Waals surface area contributed by atoms with Gasteiger partial charge in [0.15, 0.2) is 0 Å². The number of anilines is 1. The van der Waals surface area contributed by atoms with Gasteiger partial charge >= 0.3 is 7.60 Å². The zero-order valence-electron chi connectivity index (χ0n) is 14.1. The molecule has 0 bridgehead atoms. The lowest BCUT2D eigenvalue weighted by Crippen LogP contribution is -2.39. The monoisotopic (exact) mass is 402 g/mol. The highest BCUT2D eigenvalue weighted by Crippen LogP contribution is 2.56. The molecule has 0 amide bonds. The van der Waals surface area contributed by atoms with E-state index < -0.39 is 24.6 Å². The van der Waals surface area contributed by atoms with Crippen LogP contribution in [0.2, 0.25) is 0 Å². The minimum atomic E-state index is -3.71. The van der Waals surface area contributed by atoms with Gasteiger partial charge in [0.25, 0.3) is 0 Å². The maximum Gasteiger partial charge on any atom is 0.354 e. The van der Waals surface area contributed by atoms with E-state index in [-0.39, 0.29) is 19.6 Å². The van der Waals surface area contributed by atoms with Gasteiger partial charge in [-0.1, -0.05) is 30.3 Å². The van der Waals surface area contributed by atoms with Crippen molar-refractivity contribution >= 4 is 35.2 Å². The molecule has 0 spiro atoms. The van der Waals surface area contributed by atoms with Crippen LogP contribution < -0.4 is 4.31 Å². The van der Waals surface area contributed by atoms with Crippen LogP contribution >= 0.6 is 18.9 Å². The molecule has 0 saturated heterocycles. The zero-order valence-corrected chi connectivity index (χ0v) is 16.6. The molecule has 0 aliphatic rings. The molecule has 138 valence electrons. The van der Waals surface area contributed by atoms with E-state index in [0.717, 1.165) is 9.87 Å². The Balaban J connectivity index is 2.49. The highest BCUT2D eigenvalue weighted by Gasteiger charge is 2.41. The van der Waals surface area contributed by atoms with Gasteiger partial charge in [0.2, 0.25) is 0 Å². The summed E-state index contributed by atoms with van der Waals surface area (Å²) in [6, 6.07) is 12.7. The van der Waals surface area contributed by atoms with Gasteiger partial charge in [0.05, 0.1) is 13.2 Å².